The van der Waals surface area contributed by atoms with Gasteiger partial charge in [-0.3, -0.25) is 0 Å². The first kappa shape index (κ1) is 8.74. The summed E-state index contributed by atoms with van der Waals surface area (Å²) in [6.07, 6.45) is 1.78. The third-order valence-corrected chi connectivity index (χ3v) is 2.17. The fourth-order valence-electron chi connectivity index (χ4n) is 1.49. The maximum absolute atomic E-state index is 9.74. The molecule has 0 saturated heterocycles. The van der Waals surface area contributed by atoms with Crippen molar-refractivity contribution < 1.29 is 14.6 Å². The van der Waals surface area contributed by atoms with Crippen molar-refractivity contribution in [1.82, 2.24) is 4.98 Å². The van der Waals surface area contributed by atoms with Crippen molar-refractivity contribution >= 4 is 10.9 Å². The van der Waals surface area contributed by atoms with E-state index in [1.807, 2.05) is 6.07 Å². The number of fused-ring (bicyclic) bond motifs is 1. The highest BCUT2D eigenvalue weighted by Gasteiger charge is 2.14. The zero-order valence-electron chi connectivity index (χ0n) is 8.00. The van der Waals surface area contributed by atoms with Crippen LogP contribution in [0.25, 0.3) is 10.9 Å². The summed E-state index contributed by atoms with van der Waals surface area (Å²) in [7, 11) is 3.02. The van der Waals surface area contributed by atoms with Gasteiger partial charge in [0.15, 0.2) is 11.5 Å². The fraction of sp³-hybridized carbons (Fsp3) is 0.200. The van der Waals surface area contributed by atoms with Gasteiger partial charge in [0.05, 0.1) is 19.7 Å². The van der Waals surface area contributed by atoms with Gasteiger partial charge in [-0.1, -0.05) is 0 Å². The summed E-state index contributed by atoms with van der Waals surface area (Å²) in [5, 5.41) is 10.7. The zero-order valence-corrected chi connectivity index (χ0v) is 8.00. The van der Waals surface area contributed by atoms with Gasteiger partial charge in [0.1, 0.15) is 0 Å². The van der Waals surface area contributed by atoms with Gasteiger partial charge >= 0.3 is 0 Å². The molecule has 0 aliphatic rings. The molecule has 1 aromatic carbocycles. The number of hydrogen-bond donors (Lipinski definition) is 2. The molecule has 2 rings (SSSR count). The summed E-state index contributed by atoms with van der Waals surface area (Å²) in [4.78, 5) is 2.99. The maximum atomic E-state index is 9.74. The second-order valence-corrected chi connectivity index (χ2v) is 2.90. The Balaban J connectivity index is 2.80. The average molecular weight is 193 g/mol. The Morgan fingerprint density at radius 1 is 1.29 bits per heavy atom. The fourth-order valence-corrected chi connectivity index (χ4v) is 1.49. The van der Waals surface area contributed by atoms with Crippen LogP contribution in [0.1, 0.15) is 0 Å². The topological polar surface area (TPSA) is 54.5 Å². The lowest BCUT2D eigenvalue weighted by Gasteiger charge is -2.08. The van der Waals surface area contributed by atoms with E-state index in [1.54, 1.807) is 12.3 Å². The number of phenolic OH excluding ortho intramolecular Hbond substituents is 1. The van der Waals surface area contributed by atoms with Gasteiger partial charge < -0.3 is 19.6 Å². The molecule has 0 atom stereocenters. The van der Waals surface area contributed by atoms with E-state index >= 15 is 0 Å². The summed E-state index contributed by atoms with van der Waals surface area (Å²) < 4.78 is 10.1. The minimum atomic E-state index is 0.0185. The summed E-state index contributed by atoms with van der Waals surface area (Å²) in [6.45, 7) is 0. The Morgan fingerprint density at radius 2 is 2.07 bits per heavy atom. The molecular weight excluding hydrogens is 182 g/mol. The Labute approximate surface area is 81.1 Å². The van der Waals surface area contributed by atoms with Crippen molar-refractivity contribution in [2.45, 2.75) is 0 Å². The van der Waals surface area contributed by atoms with Crippen molar-refractivity contribution in [2.24, 2.45) is 0 Å². The van der Waals surface area contributed by atoms with Crippen LogP contribution in [-0.2, 0) is 0 Å². The van der Waals surface area contributed by atoms with Crippen LogP contribution in [0.5, 0.6) is 17.2 Å². The lowest BCUT2D eigenvalue weighted by molar-refractivity contribution is 0.343. The summed E-state index contributed by atoms with van der Waals surface area (Å²) >= 11 is 0. The maximum Gasteiger partial charge on any atom is 0.203 e. The zero-order chi connectivity index (χ0) is 10.1. The largest absolute Gasteiger partial charge is 0.502 e. The summed E-state index contributed by atoms with van der Waals surface area (Å²) in [5.41, 5.74) is 0.769. The third kappa shape index (κ3) is 1.08. The quantitative estimate of drug-likeness (QED) is 0.765. The number of phenols is 1. The molecule has 1 heterocycles. The Morgan fingerprint density at radius 3 is 2.71 bits per heavy atom. The van der Waals surface area contributed by atoms with E-state index in [9.17, 15) is 5.11 Å². The van der Waals surface area contributed by atoms with Crippen molar-refractivity contribution in [2.75, 3.05) is 14.2 Å². The lowest BCUT2D eigenvalue weighted by atomic mass is 10.2. The van der Waals surface area contributed by atoms with E-state index in [0.29, 0.717) is 11.5 Å². The lowest BCUT2D eigenvalue weighted by Crippen LogP contribution is -1.89. The molecule has 0 radical (unpaired) electrons. The average Bonchev–Trinajstić information content (AvgIpc) is 2.64. The molecule has 0 saturated carbocycles. The first-order chi connectivity index (χ1) is 6.77. The normalized spacial score (nSPS) is 10.4. The third-order valence-electron chi connectivity index (χ3n) is 2.17. The molecule has 2 N–H and O–H groups in total. The van der Waals surface area contributed by atoms with Crippen molar-refractivity contribution in [1.29, 1.82) is 0 Å². The molecule has 1 aromatic heterocycles. The minimum Gasteiger partial charge on any atom is -0.502 e. The number of hydrogen-bond acceptors (Lipinski definition) is 3. The number of methoxy groups -OCH3 is 2. The molecule has 0 fully saturated rings. The van der Waals surface area contributed by atoms with E-state index in [1.165, 1.54) is 14.2 Å². The van der Waals surface area contributed by atoms with E-state index in [2.05, 4.69) is 4.98 Å². The van der Waals surface area contributed by atoms with Crippen LogP contribution >= 0.6 is 0 Å². The van der Waals surface area contributed by atoms with Crippen LogP contribution in [0.15, 0.2) is 18.3 Å². The molecule has 0 amide bonds. The first-order valence-corrected chi connectivity index (χ1v) is 4.19. The number of nitrogens with one attached hydrogen (secondary N) is 1. The highest BCUT2D eigenvalue weighted by Crippen LogP contribution is 2.41. The number of rotatable bonds is 2. The number of aromatic nitrogens is 1. The van der Waals surface area contributed by atoms with Crippen LogP contribution < -0.4 is 9.47 Å². The van der Waals surface area contributed by atoms with Crippen molar-refractivity contribution in [3.05, 3.63) is 18.3 Å². The second kappa shape index (κ2) is 3.14. The Bertz CT molecular complexity index is 462. The summed E-state index contributed by atoms with van der Waals surface area (Å²) in [5.74, 6) is 0.836. The Hall–Kier alpha value is -1.84. The number of benzene rings is 1. The van der Waals surface area contributed by atoms with Gasteiger partial charge in [0.2, 0.25) is 5.75 Å². The molecule has 0 aliphatic carbocycles. The second-order valence-electron chi connectivity index (χ2n) is 2.90. The van der Waals surface area contributed by atoms with Crippen molar-refractivity contribution in [3.8, 4) is 17.2 Å². The van der Waals surface area contributed by atoms with Gasteiger partial charge in [-0.2, -0.15) is 0 Å². The van der Waals surface area contributed by atoms with Gasteiger partial charge in [-0.15, -0.1) is 0 Å². The molecule has 0 aliphatic heterocycles. The number of aromatic hydroxyl groups is 1. The minimum absolute atomic E-state index is 0.0185. The van der Waals surface area contributed by atoms with Gasteiger partial charge in [0.25, 0.3) is 0 Å². The van der Waals surface area contributed by atoms with Crippen LogP contribution in [0.3, 0.4) is 0 Å². The number of aromatic amines is 1. The highest BCUT2D eigenvalue weighted by molar-refractivity contribution is 5.90. The van der Waals surface area contributed by atoms with Crippen LogP contribution in [-0.4, -0.2) is 24.3 Å². The van der Waals surface area contributed by atoms with E-state index < -0.39 is 0 Å². The van der Waals surface area contributed by atoms with E-state index in [4.69, 9.17) is 9.47 Å². The van der Waals surface area contributed by atoms with E-state index in [-0.39, 0.29) is 5.75 Å². The number of H-pyrrole nitrogens is 1. The molecule has 2 aromatic rings. The van der Waals surface area contributed by atoms with Crippen LogP contribution in [0.2, 0.25) is 0 Å². The standard InChI is InChI=1S/C10H11NO3/c1-13-7-5-6-3-4-11-8(6)10(14-2)9(7)12/h3-5,11-12H,1-2H3. The molecule has 14 heavy (non-hydrogen) atoms. The monoisotopic (exact) mass is 193 g/mol. The summed E-state index contributed by atoms with van der Waals surface area (Å²) in [6, 6.07) is 3.64. The first-order valence-electron chi connectivity index (χ1n) is 4.19. The predicted octanol–water partition coefficient (Wildman–Crippen LogP) is 1.89. The highest BCUT2D eigenvalue weighted by atomic mass is 16.5. The van der Waals surface area contributed by atoms with E-state index in [0.717, 1.165) is 10.9 Å². The predicted molar refractivity (Wildman–Crippen MR) is 53.1 cm³/mol. The molecule has 0 bridgehead atoms. The molecule has 4 heteroatoms. The molecule has 0 unspecified atom stereocenters. The molecule has 0 spiro atoms. The SMILES string of the molecule is COc1cc2cc[nH]c2c(OC)c1O. The molecule has 4 nitrogen and oxygen atoms in total. The smallest absolute Gasteiger partial charge is 0.203 e. The number of ether oxygens (including phenoxy) is 2. The van der Waals surface area contributed by atoms with Gasteiger partial charge in [-0.25, -0.2) is 0 Å². The molecular formula is C10H11NO3. The van der Waals surface area contributed by atoms with Crippen molar-refractivity contribution in [3.63, 3.8) is 0 Å². The Kier molecular flexibility index (Phi) is 1.96. The van der Waals surface area contributed by atoms with Gasteiger partial charge in [-0.05, 0) is 12.1 Å². The van der Waals surface area contributed by atoms with Crippen LogP contribution in [0.4, 0.5) is 0 Å². The van der Waals surface area contributed by atoms with Gasteiger partial charge in [0, 0.05) is 11.6 Å². The molecule has 74 valence electrons. The van der Waals surface area contributed by atoms with Crippen LogP contribution in [0, 0.1) is 0 Å².